The molecule has 0 saturated carbocycles. The Bertz CT molecular complexity index is 737. The molecule has 0 spiro atoms. The Labute approximate surface area is 148 Å². The summed E-state index contributed by atoms with van der Waals surface area (Å²) >= 11 is 0. The van der Waals surface area contributed by atoms with Crippen molar-refractivity contribution in [3.8, 4) is 0 Å². The third-order valence-corrected chi connectivity index (χ3v) is 5.09. The van der Waals surface area contributed by atoms with Crippen molar-refractivity contribution in [3.63, 3.8) is 0 Å². The van der Waals surface area contributed by atoms with Crippen LogP contribution in [0.4, 0.5) is 5.95 Å². The Morgan fingerprint density at radius 2 is 1.88 bits per heavy atom. The third-order valence-electron chi connectivity index (χ3n) is 5.09. The van der Waals surface area contributed by atoms with E-state index in [1.807, 2.05) is 13.1 Å². The summed E-state index contributed by atoms with van der Waals surface area (Å²) in [5.74, 6) is 2.42. The number of rotatable bonds is 3. The molecule has 0 amide bonds. The molecular formula is C19H24N6. The Morgan fingerprint density at radius 1 is 1.12 bits per heavy atom. The minimum absolute atomic E-state index is 0.604. The van der Waals surface area contributed by atoms with E-state index in [0.29, 0.717) is 5.92 Å². The second kappa shape index (κ2) is 7.09. The molecule has 25 heavy (non-hydrogen) atoms. The number of guanidine groups is 1. The normalized spacial score (nSPS) is 20.0. The molecular weight excluding hydrogens is 312 g/mol. The predicted octanol–water partition coefficient (Wildman–Crippen LogP) is 1.51. The molecule has 2 aromatic rings. The number of anilines is 1. The van der Waals surface area contributed by atoms with Crippen molar-refractivity contribution < 1.29 is 0 Å². The lowest BCUT2D eigenvalue weighted by atomic mass is 9.78. The molecule has 6 nitrogen and oxygen atoms in total. The first-order valence-corrected chi connectivity index (χ1v) is 8.90. The van der Waals surface area contributed by atoms with Gasteiger partial charge in [0.1, 0.15) is 0 Å². The molecule has 1 aliphatic carbocycles. The fraction of sp³-hybridized carbons (Fsp3) is 0.421. The molecule has 2 aliphatic rings. The summed E-state index contributed by atoms with van der Waals surface area (Å²) < 4.78 is 0. The summed E-state index contributed by atoms with van der Waals surface area (Å²) in [6.07, 6.45) is 4.76. The lowest BCUT2D eigenvalue weighted by Gasteiger charge is -2.37. The summed E-state index contributed by atoms with van der Waals surface area (Å²) in [6, 6.07) is 10.6. The van der Waals surface area contributed by atoms with Crippen LogP contribution in [0.3, 0.4) is 0 Å². The molecule has 1 aromatic carbocycles. The van der Waals surface area contributed by atoms with Gasteiger partial charge in [-0.1, -0.05) is 24.3 Å². The molecule has 0 bridgehead atoms. The van der Waals surface area contributed by atoms with Crippen LogP contribution in [0.1, 0.15) is 17.0 Å². The summed E-state index contributed by atoms with van der Waals surface area (Å²) in [7, 11) is 1.86. The van der Waals surface area contributed by atoms with Gasteiger partial charge in [0.25, 0.3) is 0 Å². The van der Waals surface area contributed by atoms with Gasteiger partial charge >= 0.3 is 0 Å². The van der Waals surface area contributed by atoms with Gasteiger partial charge in [-0.25, -0.2) is 9.97 Å². The van der Waals surface area contributed by atoms with Gasteiger partial charge in [-0.05, 0) is 23.6 Å². The van der Waals surface area contributed by atoms with E-state index in [0.717, 1.165) is 44.6 Å². The molecule has 1 atom stereocenters. The monoisotopic (exact) mass is 336 g/mol. The van der Waals surface area contributed by atoms with Crippen LogP contribution in [-0.4, -0.2) is 60.6 Å². The number of piperazine rings is 1. The zero-order valence-corrected chi connectivity index (χ0v) is 14.6. The topological polar surface area (TPSA) is 56.7 Å². The van der Waals surface area contributed by atoms with Gasteiger partial charge in [0, 0.05) is 58.1 Å². The third kappa shape index (κ3) is 3.29. The maximum absolute atomic E-state index is 4.48. The highest BCUT2D eigenvalue weighted by atomic mass is 15.4. The molecule has 130 valence electrons. The lowest BCUT2D eigenvalue weighted by Crippen LogP contribution is -2.53. The van der Waals surface area contributed by atoms with Gasteiger partial charge in [-0.15, -0.1) is 0 Å². The maximum atomic E-state index is 4.48. The molecule has 0 radical (unpaired) electrons. The second-order valence-electron chi connectivity index (χ2n) is 6.55. The fourth-order valence-electron chi connectivity index (χ4n) is 3.66. The summed E-state index contributed by atoms with van der Waals surface area (Å²) in [5.41, 5.74) is 2.97. The molecule has 1 aliphatic heterocycles. The van der Waals surface area contributed by atoms with Crippen LogP contribution in [0.5, 0.6) is 0 Å². The predicted molar refractivity (Wildman–Crippen MR) is 100 cm³/mol. The van der Waals surface area contributed by atoms with Gasteiger partial charge in [0.15, 0.2) is 5.96 Å². The molecule has 4 rings (SSSR count). The molecule has 1 aromatic heterocycles. The Hall–Kier alpha value is -2.63. The van der Waals surface area contributed by atoms with E-state index in [1.54, 1.807) is 12.4 Å². The molecule has 1 N–H and O–H groups in total. The number of hydrogen-bond donors (Lipinski definition) is 1. The van der Waals surface area contributed by atoms with Crippen molar-refractivity contribution >= 4 is 11.9 Å². The van der Waals surface area contributed by atoms with Crippen molar-refractivity contribution in [2.45, 2.75) is 12.3 Å². The van der Waals surface area contributed by atoms with Crippen LogP contribution in [-0.2, 0) is 6.42 Å². The number of nitrogens with zero attached hydrogens (tertiary/aromatic N) is 5. The molecule has 6 heteroatoms. The first-order chi connectivity index (χ1) is 12.3. The minimum atomic E-state index is 0.604. The van der Waals surface area contributed by atoms with Crippen molar-refractivity contribution in [2.24, 2.45) is 4.99 Å². The lowest BCUT2D eigenvalue weighted by molar-refractivity contribution is 0.368. The second-order valence-corrected chi connectivity index (χ2v) is 6.55. The average Bonchev–Trinajstić information content (AvgIpc) is 2.66. The zero-order valence-electron chi connectivity index (χ0n) is 14.6. The fourth-order valence-corrected chi connectivity index (χ4v) is 3.66. The number of fused-ring (bicyclic) bond motifs is 1. The zero-order chi connectivity index (χ0) is 17.1. The number of aliphatic imine (C=N–C) groups is 1. The smallest absolute Gasteiger partial charge is 0.225 e. The van der Waals surface area contributed by atoms with Gasteiger partial charge < -0.3 is 15.1 Å². The van der Waals surface area contributed by atoms with Crippen LogP contribution < -0.4 is 10.2 Å². The summed E-state index contributed by atoms with van der Waals surface area (Å²) in [4.78, 5) is 17.7. The standard InChI is InChI=1S/C19H24N6/c1-20-18(23-14-16-13-15-5-2-3-6-17(15)16)24-9-11-25(12-10-24)19-21-7-4-8-22-19/h2-8,16H,9-14H2,1H3,(H,20,23). The van der Waals surface area contributed by atoms with Gasteiger partial charge in [-0.2, -0.15) is 0 Å². The van der Waals surface area contributed by atoms with E-state index in [4.69, 9.17) is 0 Å². The van der Waals surface area contributed by atoms with Crippen LogP contribution in [0.25, 0.3) is 0 Å². The van der Waals surface area contributed by atoms with Crippen molar-refractivity contribution in [1.82, 2.24) is 20.2 Å². The largest absolute Gasteiger partial charge is 0.356 e. The summed E-state index contributed by atoms with van der Waals surface area (Å²) in [5, 5.41) is 3.56. The highest BCUT2D eigenvalue weighted by molar-refractivity contribution is 5.80. The first kappa shape index (κ1) is 15.9. The van der Waals surface area contributed by atoms with E-state index in [2.05, 4.69) is 54.3 Å². The number of benzene rings is 1. The van der Waals surface area contributed by atoms with Gasteiger partial charge in [0.2, 0.25) is 5.95 Å². The van der Waals surface area contributed by atoms with Crippen LogP contribution >= 0.6 is 0 Å². The summed E-state index contributed by atoms with van der Waals surface area (Å²) in [6.45, 7) is 4.64. The molecule has 1 unspecified atom stereocenters. The average molecular weight is 336 g/mol. The Balaban J connectivity index is 1.30. The first-order valence-electron chi connectivity index (χ1n) is 8.90. The van der Waals surface area contributed by atoms with Crippen LogP contribution in [0.2, 0.25) is 0 Å². The van der Waals surface area contributed by atoms with E-state index >= 15 is 0 Å². The quantitative estimate of drug-likeness (QED) is 0.680. The SMILES string of the molecule is CN=C(NCC1Cc2ccccc21)N1CCN(c2ncccn2)CC1. The van der Waals surface area contributed by atoms with E-state index in [-0.39, 0.29) is 0 Å². The van der Waals surface area contributed by atoms with Crippen LogP contribution in [0.15, 0.2) is 47.7 Å². The number of aromatic nitrogens is 2. The number of nitrogens with one attached hydrogen (secondary N) is 1. The van der Waals surface area contributed by atoms with E-state index in [9.17, 15) is 0 Å². The van der Waals surface area contributed by atoms with Crippen molar-refractivity contribution in [1.29, 1.82) is 0 Å². The molecule has 1 fully saturated rings. The highest BCUT2D eigenvalue weighted by Gasteiger charge is 2.26. The Kier molecular flexibility index (Phi) is 4.50. The van der Waals surface area contributed by atoms with E-state index < -0.39 is 0 Å². The van der Waals surface area contributed by atoms with E-state index in [1.165, 1.54) is 17.5 Å². The van der Waals surface area contributed by atoms with Gasteiger partial charge in [0.05, 0.1) is 0 Å². The van der Waals surface area contributed by atoms with Crippen molar-refractivity contribution in [2.75, 3.05) is 44.7 Å². The van der Waals surface area contributed by atoms with Gasteiger partial charge in [-0.3, -0.25) is 4.99 Å². The Morgan fingerprint density at radius 3 is 2.60 bits per heavy atom. The highest BCUT2D eigenvalue weighted by Crippen LogP contribution is 2.34. The van der Waals surface area contributed by atoms with Crippen LogP contribution in [0, 0.1) is 0 Å². The van der Waals surface area contributed by atoms with Crippen molar-refractivity contribution in [3.05, 3.63) is 53.9 Å². The number of hydrogen-bond acceptors (Lipinski definition) is 4. The molecule has 1 saturated heterocycles. The minimum Gasteiger partial charge on any atom is -0.356 e. The molecule has 2 heterocycles. The maximum Gasteiger partial charge on any atom is 0.225 e.